The van der Waals surface area contributed by atoms with E-state index < -0.39 is 6.10 Å². The summed E-state index contributed by atoms with van der Waals surface area (Å²) in [5.41, 5.74) is 8.29. The van der Waals surface area contributed by atoms with E-state index in [1.807, 2.05) is 30.0 Å². The lowest BCUT2D eigenvalue weighted by atomic mass is 9.91. The zero-order valence-corrected chi connectivity index (χ0v) is 13.8. The highest BCUT2D eigenvalue weighted by Gasteiger charge is 2.33. The smallest absolute Gasteiger partial charge is 0.256 e. The van der Waals surface area contributed by atoms with Crippen LogP contribution >= 0.6 is 12.4 Å². The number of fused-ring (bicyclic) bond motifs is 1. The number of hydrogen-bond acceptors (Lipinski definition) is 3. The highest BCUT2D eigenvalue weighted by Crippen LogP contribution is 2.30. The molecule has 5 heteroatoms. The van der Waals surface area contributed by atoms with Crippen LogP contribution in [-0.2, 0) is 16.0 Å². The fourth-order valence-corrected chi connectivity index (χ4v) is 3.40. The molecule has 22 heavy (non-hydrogen) atoms. The van der Waals surface area contributed by atoms with Gasteiger partial charge in [-0.1, -0.05) is 24.3 Å². The molecule has 2 heterocycles. The van der Waals surface area contributed by atoms with Crippen LogP contribution in [0.3, 0.4) is 0 Å². The normalized spacial score (nSPS) is 25.8. The van der Waals surface area contributed by atoms with Gasteiger partial charge in [0.2, 0.25) is 0 Å². The third-order valence-electron chi connectivity index (χ3n) is 4.73. The molecule has 0 aromatic heterocycles. The van der Waals surface area contributed by atoms with Crippen LogP contribution < -0.4 is 5.73 Å². The molecule has 1 saturated heterocycles. The molecular weight excluding hydrogens is 300 g/mol. The summed E-state index contributed by atoms with van der Waals surface area (Å²) < 4.78 is 5.79. The molecule has 4 nitrogen and oxygen atoms in total. The summed E-state index contributed by atoms with van der Waals surface area (Å²) in [6, 6.07) is 8.26. The molecule has 0 radical (unpaired) electrons. The van der Waals surface area contributed by atoms with Gasteiger partial charge < -0.3 is 15.4 Å². The molecule has 0 spiro atoms. The topological polar surface area (TPSA) is 55.6 Å². The Morgan fingerprint density at radius 1 is 1.41 bits per heavy atom. The summed E-state index contributed by atoms with van der Waals surface area (Å²) in [6.07, 6.45) is 2.61. The second kappa shape index (κ2) is 7.44. The van der Waals surface area contributed by atoms with Crippen molar-refractivity contribution >= 4 is 18.3 Å². The van der Waals surface area contributed by atoms with Crippen molar-refractivity contribution in [2.24, 2.45) is 11.7 Å². The Hall–Kier alpha value is -1.10. The summed E-state index contributed by atoms with van der Waals surface area (Å²) >= 11 is 0. The van der Waals surface area contributed by atoms with Gasteiger partial charge in [0.15, 0.2) is 6.10 Å². The van der Waals surface area contributed by atoms with Crippen LogP contribution in [-0.4, -0.2) is 36.5 Å². The molecule has 1 aromatic carbocycles. The SMILES string of the molecule is CC(N)C1CCCN(C(=O)C2OCCc3ccccc32)C1.Cl. The number of rotatable bonds is 2. The van der Waals surface area contributed by atoms with E-state index in [0.29, 0.717) is 12.5 Å². The van der Waals surface area contributed by atoms with Crippen molar-refractivity contribution in [1.29, 1.82) is 0 Å². The minimum absolute atomic E-state index is 0. The molecular formula is C17H25ClN2O2. The Balaban J connectivity index is 0.00000176. The molecule has 122 valence electrons. The Morgan fingerprint density at radius 3 is 2.95 bits per heavy atom. The number of ether oxygens (including phenoxy) is 1. The number of nitrogens with two attached hydrogens (primary N) is 1. The van der Waals surface area contributed by atoms with Crippen molar-refractivity contribution in [2.45, 2.75) is 38.3 Å². The van der Waals surface area contributed by atoms with E-state index in [2.05, 4.69) is 6.07 Å². The first-order chi connectivity index (χ1) is 10.2. The molecule has 0 bridgehead atoms. The zero-order valence-electron chi connectivity index (χ0n) is 13.0. The maximum Gasteiger partial charge on any atom is 0.256 e. The van der Waals surface area contributed by atoms with Crippen molar-refractivity contribution in [1.82, 2.24) is 4.90 Å². The van der Waals surface area contributed by atoms with Crippen LogP contribution in [0.1, 0.15) is 37.0 Å². The lowest BCUT2D eigenvalue weighted by Crippen LogP contribution is -2.47. The number of amides is 1. The van der Waals surface area contributed by atoms with Gasteiger partial charge in [-0.2, -0.15) is 0 Å². The van der Waals surface area contributed by atoms with Crippen molar-refractivity contribution in [3.05, 3.63) is 35.4 Å². The number of piperidine rings is 1. The molecule has 1 fully saturated rings. The lowest BCUT2D eigenvalue weighted by Gasteiger charge is -2.37. The van der Waals surface area contributed by atoms with E-state index in [4.69, 9.17) is 10.5 Å². The summed E-state index contributed by atoms with van der Waals surface area (Å²) in [4.78, 5) is 14.8. The predicted molar refractivity (Wildman–Crippen MR) is 89.0 cm³/mol. The third-order valence-corrected chi connectivity index (χ3v) is 4.73. The van der Waals surface area contributed by atoms with E-state index in [9.17, 15) is 4.79 Å². The maximum atomic E-state index is 12.8. The molecule has 2 aliphatic rings. The first kappa shape index (κ1) is 17.3. The molecule has 2 aliphatic heterocycles. The minimum atomic E-state index is -0.429. The molecule has 1 amide bonds. The van der Waals surface area contributed by atoms with E-state index in [1.165, 1.54) is 5.56 Å². The summed E-state index contributed by atoms with van der Waals surface area (Å²) in [5, 5.41) is 0. The fourth-order valence-electron chi connectivity index (χ4n) is 3.40. The summed E-state index contributed by atoms with van der Waals surface area (Å²) in [5.74, 6) is 0.508. The summed E-state index contributed by atoms with van der Waals surface area (Å²) in [7, 11) is 0. The monoisotopic (exact) mass is 324 g/mol. The minimum Gasteiger partial charge on any atom is -0.363 e. The molecule has 3 rings (SSSR count). The molecule has 3 atom stereocenters. The molecule has 3 unspecified atom stereocenters. The number of carbonyl (C=O) groups excluding carboxylic acids is 1. The molecule has 1 aromatic rings. The largest absolute Gasteiger partial charge is 0.363 e. The molecule has 0 aliphatic carbocycles. The number of carbonyl (C=O) groups is 1. The van der Waals surface area contributed by atoms with Gasteiger partial charge >= 0.3 is 0 Å². The van der Waals surface area contributed by atoms with E-state index in [0.717, 1.165) is 37.9 Å². The first-order valence-corrected chi connectivity index (χ1v) is 7.90. The van der Waals surface area contributed by atoms with E-state index in [-0.39, 0.29) is 24.4 Å². The van der Waals surface area contributed by atoms with Gasteiger partial charge in [-0.05, 0) is 43.2 Å². The highest BCUT2D eigenvalue weighted by molar-refractivity contribution is 5.85. The van der Waals surface area contributed by atoms with Crippen LogP contribution in [0, 0.1) is 5.92 Å². The van der Waals surface area contributed by atoms with E-state index >= 15 is 0 Å². The first-order valence-electron chi connectivity index (χ1n) is 7.90. The zero-order chi connectivity index (χ0) is 14.8. The van der Waals surface area contributed by atoms with Gasteiger partial charge in [0.25, 0.3) is 5.91 Å². The van der Waals surface area contributed by atoms with Gasteiger partial charge in [-0.15, -0.1) is 12.4 Å². The predicted octanol–water partition coefficient (Wildman–Crippen LogP) is 2.31. The van der Waals surface area contributed by atoms with Gasteiger partial charge in [0, 0.05) is 19.1 Å². The Kier molecular flexibility index (Phi) is 5.84. The summed E-state index contributed by atoms with van der Waals surface area (Å²) in [6.45, 7) is 4.24. The average molecular weight is 325 g/mol. The van der Waals surface area contributed by atoms with Gasteiger partial charge in [0.05, 0.1) is 6.61 Å². The van der Waals surface area contributed by atoms with Crippen LogP contribution in [0.2, 0.25) is 0 Å². The fraction of sp³-hybridized carbons (Fsp3) is 0.588. The number of halogens is 1. The highest BCUT2D eigenvalue weighted by atomic mass is 35.5. The second-order valence-corrected chi connectivity index (χ2v) is 6.25. The van der Waals surface area contributed by atoms with Crippen molar-refractivity contribution < 1.29 is 9.53 Å². The molecule has 2 N–H and O–H groups in total. The standard InChI is InChI=1S/C17H24N2O2.ClH/c1-12(18)14-6-4-9-19(11-14)17(20)16-15-7-3-2-5-13(15)8-10-21-16;/h2-3,5,7,12,14,16H,4,6,8-11,18H2,1H3;1H. The van der Waals surface area contributed by atoms with Gasteiger partial charge in [-0.25, -0.2) is 0 Å². The quantitative estimate of drug-likeness (QED) is 0.908. The lowest BCUT2D eigenvalue weighted by molar-refractivity contribution is -0.147. The van der Waals surface area contributed by atoms with Crippen LogP contribution in [0.5, 0.6) is 0 Å². The van der Waals surface area contributed by atoms with Crippen LogP contribution in [0.4, 0.5) is 0 Å². The maximum absolute atomic E-state index is 12.8. The average Bonchev–Trinajstić information content (AvgIpc) is 2.53. The Bertz CT molecular complexity index is 521. The van der Waals surface area contributed by atoms with Crippen molar-refractivity contribution in [3.63, 3.8) is 0 Å². The van der Waals surface area contributed by atoms with Crippen LogP contribution in [0.15, 0.2) is 24.3 Å². The van der Waals surface area contributed by atoms with Gasteiger partial charge in [-0.3, -0.25) is 4.79 Å². The third kappa shape index (κ3) is 3.45. The number of nitrogens with zero attached hydrogens (tertiary/aromatic N) is 1. The number of benzene rings is 1. The number of likely N-dealkylation sites (tertiary alicyclic amines) is 1. The Labute approximate surface area is 138 Å². The Morgan fingerprint density at radius 2 is 2.18 bits per heavy atom. The van der Waals surface area contributed by atoms with Crippen LogP contribution in [0.25, 0.3) is 0 Å². The van der Waals surface area contributed by atoms with Gasteiger partial charge in [0.1, 0.15) is 0 Å². The van der Waals surface area contributed by atoms with E-state index in [1.54, 1.807) is 0 Å². The van der Waals surface area contributed by atoms with Crippen molar-refractivity contribution in [3.8, 4) is 0 Å². The number of hydrogen-bond donors (Lipinski definition) is 1. The van der Waals surface area contributed by atoms with Crippen molar-refractivity contribution in [2.75, 3.05) is 19.7 Å². The second-order valence-electron chi connectivity index (χ2n) is 6.25. The molecule has 0 saturated carbocycles.